The molecule has 0 bridgehead atoms. The van der Waals surface area contributed by atoms with E-state index < -0.39 is 0 Å². The fourth-order valence-corrected chi connectivity index (χ4v) is 14.1. The van der Waals surface area contributed by atoms with Crippen molar-refractivity contribution in [3.8, 4) is 0 Å². The van der Waals surface area contributed by atoms with Crippen molar-refractivity contribution in [3.05, 3.63) is 79.6 Å². The highest BCUT2D eigenvalue weighted by atomic mass is 32.3. The highest BCUT2D eigenvalue weighted by Gasteiger charge is 2.26. The Morgan fingerprint density at radius 3 is 1.87 bits per heavy atom. The van der Waals surface area contributed by atoms with E-state index in [9.17, 15) is 0 Å². The van der Waals surface area contributed by atoms with E-state index in [4.69, 9.17) is 0 Å². The van der Waals surface area contributed by atoms with Crippen LogP contribution in [0.25, 0.3) is 11.6 Å². The van der Waals surface area contributed by atoms with Gasteiger partial charge in [0, 0.05) is 15.3 Å². The number of thiophene rings is 1. The lowest BCUT2D eigenvalue weighted by Gasteiger charge is -2.06. The molecule has 0 saturated heterocycles. The van der Waals surface area contributed by atoms with Crippen LogP contribution < -0.4 is 0 Å². The summed E-state index contributed by atoms with van der Waals surface area (Å²) in [5.41, 5.74) is 1.37. The number of hydrogen-bond acceptors (Lipinski definition) is 9. The molecule has 0 spiro atoms. The van der Waals surface area contributed by atoms with Crippen molar-refractivity contribution in [3.63, 3.8) is 0 Å². The summed E-state index contributed by atoms with van der Waals surface area (Å²) in [6.45, 7) is 8.90. The molecule has 1 aromatic rings. The maximum Gasteiger partial charge on any atom is 0.0705 e. The Bertz CT molecular complexity index is 1110. The van der Waals surface area contributed by atoms with E-state index in [-0.39, 0.29) is 0 Å². The SMILES string of the molecule is CC1=C(C)SC(=Cc2ccc(C(C=C3SC4=C(SC=CS4)S3)=C3SC(C)=C(C)S3)s2)S1. The zero-order valence-electron chi connectivity index (χ0n) is 17.1. The molecule has 0 unspecified atom stereocenters. The molecule has 5 heterocycles. The van der Waals surface area contributed by atoms with Gasteiger partial charge in [0.05, 0.1) is 21.2 Å². The number of hydrogen-bond donors (Lipinski definition) is 0. The highest BCUT2D eigenvalue weighted by Crippen LogP contribution is 2.61. The van der Waals surface area contributed by atoms with Gasteiger partial charge in [-0.25, -0.2) is 0 Å². The van der Waals surface area contributed by atoms with Crippen LogP contribution in [0.3, 0.4) is 0 Å². The third kappa shape index (κ3) is 5.35. The molecular formula is C22H18S9. The lowest BCUT2D eigenvalue weighted by molar-refractivity contribution is 1.57. The minimum atomic E-state index is 1.33. The van der Waals surface area contributed by atoms with Crippen LogP contribution >= 0.6 is 105 Å². The van der Waals surface area contributed by atoms with Crippen LogP contribution in [-0.2, 0) is 0 Å². The molecule has 5 rings (SSSR count). The fraction of sp³-hybridized carbons (Fsp3) is 0.182. The van der Waals surface area contributed by atoms with E-state index in [0.29, 0.717) is 0 Å². The maximum atomic E-state index is 2.42. The van der Waals surface area contributed by atoms with Crippen molar-refractivity contribution in [2.45, 2.75) is 27.7 Å². The zero-order chi connectivity index (χ0) is 21.5. The average Bonchev–Trinajstić information content (AvgIpc) is 3.49. The number of allylic oxidation sites excluding steroid dienone is 6. The Hall–Kier alpha value is 0.680. The summed E-state index contributed by atoms with van der Waals surface area (Å²) in [6.07, 6.45) is 4.77. The highest BCUT2D eigenvalue weighted by molar-refractivity contribution is 8.42. The van der Waals surface area contributed by atoms with Crippen molar-refractivity contribution < 1.29 is 0 Å². The predicted molar refractivity (Wildman–Crippen MR) is 161 cm³/mol. The molecule has 160 valence electrons. The molecule has 31 heavy (non-hydrogen) atoms. The number of rotatable bonds is 3. The largest absolute Gasteiger partial charge is 0.136 e. The Balaban J connectivity index is 1.44. The third-order valence-corrected chi connectivity index (χ3v) is 15.9. The quantitative estimate of drug-likeness (QED) is 0.347. The standard InChI is InChI=1S/C22H18S9/c1-11-12(2)26-18(25-11)9-15-5-6-17(29-15)16(20-27-13(3)14(4)28-20)10-19-30-21-22(31-19)24-8-7-23-21/h5-10H,1-4H3. The van der Waals surface area contributed by atoms with Gasteiger partial charge in [-0.05, 0) is 82.4 Å². The molecular weight excluding hydrogens is 553 g/mol. The predicted octanol–water partition coefficient (Wildman–Crippen LogP) is 11.6. The van der Waals surface area contributed by atoms with E-state index in [1.807, 2.05) is 105 Å². The first-order valence-electron chi connectivity index (χ1n) is 9.39. The van der Waals surface area contributed by atoms with E-state index in [2.05, 4.69) is 62.8 Å². The first-order valence-corrected chi connectivity index (χ1v) is 16.9. The van der Waals surface area contributed by atoms with Crippen LogP contribution in [0.1, 0.15) is 37.4 Å². The molecule has 4 aliphatic heterocycles. The van der Waals surface area contributed by atoms with Gasteiger partial charge in [0.25, 0.3) is 0 Å². The molecule has 0 saturated carbocycles. The fourth-order valence-electron chi connectivity index (χ4n) is 2.79. The minimum absolute atomic E-state index is 1.33. The van der Waals surface area contributed by atoms with Crippen molar-refractivity contribution in [1.29, 1.82) is 0 Å². The van der Waals surface area contributed by atoms with Gasteiger partial charge in [0.2, 0.25) is 0 Å². The van der Waals surface area contributed by atoms with Gasteiger partial charge in [0.15, 0.2) is 0 Å². The van der Waals surface area contributed by atoms with E-state index in [1.165, 1.54) is 56.1 Å². The van der Waals surface area contributed by atoms with Crippen molar-refractivity contribution in [2.24, 2.45) is 0 Å². The molecule has 0 N–H and O–H groups in total. The van der Waals surface area contributed by atoms with Crippen LogP contribution in [0.15, 0.2) is 69.8 Å². The molecule has 9 heteroatoms. The smallest absolute Gasteiger partial charge is 0.0705 e. The van der Waals surface area contributed by atoms with Crippen LogP contribution in [0.5, 0.6) is 0 Å². The van der Waals surface area contributed by atoms with Crippen LogP contribution in [0, 0.1) is 0 Å². The third-order valence-electron chi connectivity index (χ3n) is 4.58. The van der Waals surface area contributed by atoms with E-state index in [1.54, 1.807) is 0 Å². The first kappa shape index (κ1) is 23.4. The lowest BCUT2D eigenvalue weighted by Crippen LogP contribution is -1.79. The van der Waals surface area contributed by atoms with E-state index in [0.717, 1.165) is 0 Å². The van der Waals surface area contributed by atoms with Crippen LogP contribution in [0.2, 0.25) is 0 Å². The second-order valence-corrected chi connectivity index (χ2v) is 18.1. The Morgan fingerprint density at radius 1 is 0.677 bits per heavy atom. The van der Waals surface area contributed by atoms with Crippen molar-refractivity contribution >= 4 is 117 Å². The summed E-state index contributed by atoms with van der Waals surface area (Å²) in [4.78, 5) is 8.38. The monoisotopic (exact) mass is 570 g/mol. The molecule has 0 aromatic carbocycles. The molecule has 0 amide bonds. The minimum Gasteiger partial charge on any atom is -0.136 e. The maximum absolute atomic E-state index is 2.42. The van der Waals surface area contributed by atoms with Crippen LogP contribution in [0.4, 0.5) is 0 Å². The van der Waals surface area contributed by atoms with Gasteiger partial charge in [-0.15, -0.1) is 11.3 Å². The number of thioether (sulfide) groups is 8. The molecule has 0 aliphatic carbocycles. The van der Waals surface area contributed by atoms with Gasteiger partial charge in [-0.3, -0.25) is 0 Å². The second kappa shape index (κ2) is 10.1. The van der Waals surface area contributed by atoms with Gasteiger partial charge in [-0.1, -0.05) is 94.1 Å². The molecule has 0 atom stereocenters. The topological polar surface area (TPSA) is 0 Å². The van der Waals surface area contributed by atoms with Gasteiger partial charge < -0.3 is 0 Å². The summed E-state index contributed by atoms with van der Waals surface area (Å²) in [7, 11) is 0. The van der Waals surface area contributed by atoms with E-state index >= 15 is 0 Å². The molecule has 4 aliphatic rings. The molecule has 0 radical (unpaired) electrons. The molecule has 0 fully saturated rings. The summed E-state index contributed by atoms with van der Waals surface area (Å²) >= 11 is 17.1. The average molecular weight is 571 g/mol. The Morgan fingerprint density at radius 2 is 1.26 bits per heavy atom. The normalized spacial score (nSPS) is 21.1. The lowest BCUT2D eigenvalue weighted by atomic mass is 10.2. The molecule has 0 nitrogen and oxygen atoms in total. The van der Waals surface area contributed by atoms with Crippen molar-refractivity contribution in [2.75, 3.05) is 0 Å². The Labute approximate surface area is 222 Å². The van der Waals surface area contributed by atoms with Crippen molar-refractivity contribution in [1.82, 2.24) is 0 Å². The summed E-state index contributed by atoms with van der Waals surface area (Å²) in [5.74, 6) is 0. The first-order chi connectivity index (χ1) is 15.0. The van der Waals surface area contributed by atoms with Crippen LogP contribution in [-0.4, -0.2) is 0 Å². The summed E-state index contributed by atoms with van der Waals surface area (Å²) < 4.78 is 7.02. The molecule has 1 aromatic heterocycles. The summed E-state index contributed by atoms with van der Waals surface area (Å²) in [5, 5.41) is 4.38. The Kier molecular flexibility index (Phi) is 7.65. The van der Waals surface area contributed by atoms with Gasteiger partial charge in [-0.2, -0.15) is 0 Å². The van der Waals surface area contributed by atoms with Gasteiger partial charge in [0.1, 0.15) is 0 Å². The summed E-state index contributed by atoms with van der Waals surface area (Å²) in [6, 6.07) is 4.59. The zero-order valence-corrected chi connectivity index (χ0v) is 24.5. The second-order valence-electron chi connectivity index (χ2n) is 6.75. The van der Waals surface area contributed by atoms with Gasteiger partial charge >= 0.3 is 0 Å².